The van der Waals surface area contributed by atoms with Crippen LogP contribution in [-0.2, 0) is 5.41 Å². The monoisotopic (exact) mass is 587 g/mol. The summed E-state index contributed by atoms with van der Waals surface area (Å²) in [6.45, 7) is 4.70. The summed E-state index contributed by atoms with van der Waals surface area (Å²) in [5.74, 6) is 0. The molecule has 0 N–H and O–H groups in total. The number of hydrogen-bond donors (Lipinski definition) is 0. The molecule has 218 valence electrons. The fourth-order valence-electron chi connectivity index (χ4n) is 7.77. The Morgan fingerprint density at radius 2 is 1.07 bits per heavy atom. The third-order valence-electron chi connectivity index (χ3n) is 10.0. The van der Waals surface area contributed by atoms with Crippen LogP contribution < -0.4 is 4.90 Å². The van der Waals surface area contributed by atoms with Gasteiger partial charge in [0.15, 0.2) is 0 Å². The van der Waals surface area contributed by atoms with E-state index in [1.54, 1.807) is 0 Å². The van der Waals surface area contributed by atoms with E-state index in [9.17, 15) is 0 Å². The molecule has 0 fully saturated rings. The van der Waals surface area contributed by atoms with Crippen molar-refractivity contribution in [1.82, 2.24) is 0 Å². The summed E-state index contributed by atoms with van der Waals surface area (Å²) in [7, 11) is 0. The van der Waals surface area contributed by atoms with Crippen LogP contribution in [0.25, 0.3) is 54.6 Å². The molecule has 0 atom stereocenters. The summed E-state index contributed by atoms with van der Waals surface area (Å²) in [4.78, 5) is 2.48. The van der Waals surface area contributed by atoms with Crippen LogP contribution in [-0.4, -0.2) is 0 Å². The lowest BCUT2D eigenvalue weighted by atomic mass is 9.82. The summed E-state index contributed by atoms with van der Waals surface area (Å²) in [5, 5.41) is 7.58. The number of benzene rings is 8. The molecule has 8 aromatic rings. The van der Waals surface area contributed by atoms with Crippen molar-refractivity contribution in [3.05, 3.63) is 175 Å². The molecule has 0 aliphatic heterocycles. The zero-order valence-corrected chi connectivity index (χ0v) is 26.0. The van der Waals surface area contributed by atoms with Gasteiger partial charge in [0.05, 0.1) is 5.69 Å². The second kappa shape index (κ2) is 10.2. The highest BCUT2D eigenvalue weighted by atomic mass is 15.1. The Balaban J connectivity index is 1.37. The van der Waals surface area contributed by atoms with E-state index in [-0.39, 0.29) is 5.41 Å². The maximum Gasteiger partial charge on any atom is 0.0546 e. The Morgan fingerprint density at radius 1 is 0.413 bits per heavy atom. The molecule has 46 heavy (non-hydrogen) atoms. The van der Waals surface area contributed by atoms with E-state index in [2.05, 4.69) is 183 Å². The number of nitrogens with zero attached hydrogens (tertiary/aromatic N) is 1. The SMILES string of the molecule is CC1(C)c2ccccc2-c2cc(N(c3cccc(-c4ccccc4)c3)c3cc4ccccc4c4c3ccc3ccccc34)ccc21. The molecular formula is C45H33N. The normalized spacial score (nSPS) is 13.2. The first-order valence-electron chi connectivity index (χ1n) is 16.1. The van der Waals surface area contributed by atoms with Crippen LogP contribution in [0.2, 0.25) is 0 Å². The molecule has 1 aliphatic rings. The van der Waals surface area contributed by atoms with E-state index in [0.717, 1.165) is 11.4 Å². The zero-order chi connectivity index (χ0) is 30.8. The maximum atomic E-state index is 2.48. The van der Waals surface area contributed by atoms with Gasteiger partial charge < -0.3 is 4.90 Å². The van der Waals surface area contributed by atoms with Crippen molar-refractivity contribution in [3.8, 4) is 22.3 Å². The summed E-state index contributed by atoms with van der Waals surface area (Å²) < 4.78 is 0. The van der Waals surface area contributed by atoms with Gasteiger partial charge >= 0.3 is 0 Å². The molecule has 0 saturated heterocycles. The first-order chi connectivity index (χ1) is 22.6. The van der Waals surface area contributed by atoms with Gasteiger partial charge in [-0.2, -0.15) is 0 Å². The minimum Gasteiger partial charge on any atom is -0.310 e. The van der Waals surface area contributed by atoms with Gasteiger partial charge in [-0.05, 0) is 90.6 Å². The molecule has 0 spiro atoms. The second-order valence-corrected chi connectivity index (χ2v) is 13.0. The number of hydrogen-bond acceptors (Lipinski definition) is 1. The highest BCUT2D eigenvalue weighted by molar-refractivity contribution is 6.24. The van der Waals surface area contributed by atoms with Crippen LogP contribution in [0, 0.1) is 0 Å². The number of rotatable bonds is 4. The van der Waals surface area contributed by atoms with Crippen molar-refractivity contribution in [2.75, 3.05) is 4.90 Å². The van der Waals surface area contributed by atoms with Crippen molar-refractivity contribution in [2.24, 2.45) is 0 Å². The lowest BCUT2D eigenvalue weighted by molar-refractivity contribution is 0.660. The van der Waals surface area contributed by atoms with Crippen LogP contribution in [0.3, 0.4) is 0 Å². The quantitative estimate of drug-likeness (QED) is 0.185. The Hall–Kier alpha value is -5.66. The Morgan fingerprint density at radius 3 is 1.91 bits per heavy atom. The van der Waals surface area contributed by atoms with Gasteiger partial charge in [-0.3, -0.25) is 0 Å². The summed E-state index contributed by atoms with van der Waals surface area (Å²) in [5.41, 5.74) is 11.3. The zero-order valence-electron chi connectivity index (χ0n) is 26.0. The van der Waals surface area contributed by atoms with E-state index in [4.69, 9.17) is 0 Å². The molecule has 0 amide bonds. The minimum atomic E-state index is -0.0446. The van der Waals surface area contributed by atoms with E-state index < -0.39 is 0 Å². The van der Waals surface area contributed by atoms with Gasteiger partial charge in [0.25, 0.3) is 0 Å². The molecule has 0 radical (unpaired) electrons. The van der Waals surface area contributed by atoms with E-state index in [0.29, 0.717) is 0 Å². The van der Waals surface area contributed by atoms with Crippen LogP contribution >= 0.6 is 0 Å². The molecule has 1 nitrogen and oxygen atoms in total. The minimum absolute atomic E-state index is 0.0446. The summed E-state index contributed by atoms with van der Waals surface area (Å²) in [6, 6.07) is 60.2. The van der Waals surface area contributed by atoms with Gasteiger partial charge in [0.2, 0.25) is 0 Å². The van der Waals surface area contributed by atoms with Gasteiger partial charge in [-0.1, -0.05) is 147 Å². The first kappa shape index (κ1) is 26.7. The van der Waals surface area contributed by atoms with Crippen LogP contribution in [0.4, 0.5) is 17.1 Å². The molecule has 1 aliphatic carbocycles. The van der Waals surface area contributed by atoms with Crippen molar-refractivity contribution in [2.45, 2.75) is 19.3 Å². The lowest BCUT2D eigenvalue weighted by Crippen LogP contribution is -2.15. The topological polar surface area (TPSA) is 3.24 Å². The Labute approximate surface area is 270 Å². The molecule has 0 heterocycles. The maximum absolute atomic E-state index is 2.48. The molecule has 0 saturated carbocycles. The van der Waals surface area contributed by atoms with Crippen LogP contribution in [0.5, 0.6) is 0 Å². The van der Waals surface area contributed by atoms with Crippen molar-refractivity contribution in [3.63, 3.8) is 0 Å². The molecule has 0 bridgehead atoms. The predicted octanol–water partition coefficient (Wildman–Crippen LogP) is 12.6. The second-order valence-electron chi connectivity index (χ2n) is 13.0. The highest BCUT2D eigenvalue weighted by Crippen LogP contribution is 2.51. The average Bonchev–Trinajstić information content (AvgIpc) is 3.34. The van der Waals surface area contributed by atoms with Crippen LogP contribution in [0.15, 0.2) is 164 Å². The molecule has 1 heteroatoms. The predicted molar refractivity (Wildman–Crippen MR) is 197 cm³/mol. The van der Waals surface area contributed by atoms with Gasteiger partial charge in [-0.15, -0.1) is 0 Å². The fraction of sp³-hybridized carbons (Fsp3) is 0.0667. The Kier molecular flexibility index (Phi) is 5.92. The smallest absolute Gasteiger partial charge is 0.0546 e. The van der Waals surface area contributed by atoms with E-state index in [1.807, 2.05) is 0 Å². The lowest BCUT2D eigenvalue weighted by Gasteiger charge is -2.29. The largest absolute Gasteiger partial charge is 0.310 e. The molecule has 0 unspecified atom stereocenters. The number of fused-ring (bicyclic) bond motifs is 8. The third kappa shape index (κ3) is 4.02. The van der Waals surface area contributed by atoms with Crippen molar-refractivity contribution < 1.29 is 0 Å². The average molecular weight is 588 g/mol. The van der Waals surface area contributed by atoms with Crippen molar-refractivity contribution in [1.29, 1.82) is 0 Å². The molecule has 0 aromatic heterocycles. The van der Waals surface area contributed by atoms with Crippen LogP contribution in [0.1, 0.15) is 25.0 Å². The Bertz CT molecular complexity index is 2440. The van der Waals surface area contributed by atoms with Crippen molar-refractivity contribution >= 4 is 49.4 Å². The summed E-state index contributed by atoms with van der Waals surface area (Å²) >= 11 is 0. The van der Waals surface area contributed by atoms with Gasteiger partial charge in [-0.25, -0.2) is 0 Å². The molecule has 8 aromatic carbocycles. The van der Waals surface area contributed by atoms with E-state index >= 15 is 0 Å². The fourth-order valence-corrected chi connectivity index (χ4v) is 7.77. The number of anilines is 3. The molecule has 9 rings (SSSR count). The third-order valence-corrected chi connectivity index (χ3v) is 10.0. The van der Waals surface area contributed by atoms with Gasteiger partial charge in [0, 0.05) is 22.2 Å². The van der Waals surface area contributed by atoms with E-state index in [1.165, 1.54) is 71.4 Å². The highest BCUT2D eigenvalue weighted by Gasteiger charge is 2.35. The molecular weight excluding hydrogens is 555 g/mol. The standard InChI is InChI=1S/C45H33N/c1-45(2)41-22-11-10-21-38(41)40-29-35(24-26-42(40)45)46(34-18-12-17-32(27-34)30-13-4-3-5-14-30)43-28-33-16-7-9-20-37(33)44-36-19-8-6-15-31(36)23-25-39(43)44/h3-29H,1-2H3. The first-order valence-corrected chi connectivity index (χ1v) is 16.1. The van der Waals surface area contributed by atoms with Gasteiger partial charge in [0.1, 0.15) is 0 Å². The summed E-state index contributed by atoms with van der Waals surface area (Å²) in [6.07, 6.45) is 0.